The molecule has 1 fully saturated rings. The summed E-state index contributed by atoms with van der Waals surface area (Å²) in [5.74, 6) is -0.00667. The van der Waals surface area contributed by atoms with Gasteiger partial charge in [-0.1, -0.05) is 6.07 Å². The van der Waals surface area contributed by atoms with Gasteiger partial charge in [0, 0.05) is 49.0 Å². The first-order chi connectivity index (χ1) is 11.5. The molecule has 1 saturated heterocycles. The second-order valence-corrected chi connectivity index (χ2v) is 7.01. The number of hydrogen-bond donors (Lipinski definition) is 1. The second kappa shape index (κ2) is 6.95. The molecule has 0 aliphatic carbocycles. The van der Waals surface area contributed by atoms with Gasteiger partial charge in [0.25, 0.3) is 5.91 Å². The average Bonchev–Trinajstić information content (AvgIpc) is 2.95. The average molecular weight is 330 g/mol. The van der Waals surface area contributed by atoms with E-state index in [4.69, 9.17) is 9.47 Å². The molecule has 1 aliphatic heterocycles. The number of hydrogen-bond acceptors (Lipinski definition) is 3. The maximum absolute atomic E-state index is 12.8. The van der Waals surface area contributed by atoms with Gasteiger partial charge in [-0.3, -0.25) is 4.79 Å². The van der Waals surface area contributed by atoms with Crippen LogP contribution in [0.3, 0.4) is 0 Å². The molecular weight excluding hydrogens is 304 g/mol. The molecule has 1 aliphatic rings. The molecule has 1 amide bonds. The molecule has 0 bridgehead atoms. The number of rotatable bonds is 5. The van der Waals surface area contributed by atoms with Crippen molar-refractivity contribution in [2.24, 2.45) is 0 Å². The van der Waals surface area contributed by atoms with Gasteiger partial charge < -0.3 is 19.4 Å². The minimum Gasteiger partial charge on any atom is -0.383 e. The zero-order chi connectivity index (χ0) is 17.2. The fourth-order valence-corrected chi connectivity index (χ4v) is 3.42. The Bertz CT molecular complexity index is 720. The van der Waals surface area contributed by atoms with Crippen molar-refractivity contribution >= 4 is 16.8 Å². The summed E-state index contributed by atoms with van der Waals surface area (Å²) < 4.78 is 13.0. The fraction of sp³-hybridized carbons (Fsp3) is 0.526. The summed E-state index contributed by atoms with van der Waals surface area (Å²) in [4.78, 5) is 12.8. The summed E-state index contributed by atoms with van der Waals surface area (Å²) in [5, 5.41) is 4.17. The van der Waals surface area contributed by atoms with Crippen LogP contribution in [0.1, 0.15) is 37.0 Å². The number of amides is 1. The SMILES string of the molecule is COCCn1ccc2c(C(=O)N[C@H]3CCOC(C)(C)C3)cccc21. The van der Waals surface area contributed by atoms with Crippen molar-refractivity contribution in [2.45, 2.75) is 44.9 Å². The van der Waals surface area contributed by atoms with Gasteiger partial charge in [-0.2, -0.15) is 0 Å². The lowest BCUT2D eigenvalue weighted by Gasteiger charge is -2.35. The topological polar surface area (TPSA) is 52.5 Å². The van der Waals surface area contributed by atoms with Crippen molar-refractivity contribution in [2.75, 3.05) is 20.3 Å². The lowest BCUT2D eigenvalue weighted by atomic mass is 9.93. The number of aromatic nitrogens is 1. The van der Waals surface area contributed by atoms with Crippen LogP contribution in [0.4, 0.5) is 0 Å². The summed E-state index contributed by atoms with van der Waals surface area (Å²) in [6.07, 6.45) is 3.71. The molecular formula is C19H26N2O3. The van der Waals surface area contributed by atoms with Gasteiger partial charge in [0.15, 0.2) is 0 Å². The Morgan fingerprint density at radius 2 is 2.25 bits per heavy atom. The van der Waals surface area contributed by atoms with Gasteiger partial charge in [-0.25, -0.2) is 0 Å². The highest BCUT2D eigenvalue weighted by Crippen LogP contribution is 2.25. The van der Waals surface area contributed by atoms with Crippen LogP contribution in [-0.4, -0.2) is 42.4 Å². The lowest BCUT2D eigenvalue weighted by molar-refractivity contribution is -0.0615. The summed E-state index contributed by atoms with van der Waals surface area (Å²) >= 11 is 0. The largest absolute Gasteiger partial charge is 0.383 e. The lowest BCUT2D eigenvalue weighted by Crippen LogP contribution is -2.45. The van der Waals surface area contributed by atoms with Crippen molar-refractivity contribution in [3.8, 4) is 0 Å². The molecule has 24 heavy (non-hydrogen) atoms. The number of nitrogens with zero attached hydrogens (tertiary/aromatic N) is 1. The Morgan fingerprint density at radius 3 is 3.00 bits per heavy atom. The van der Waals surface area contributed by atoms with E-state index in [9.17, 15) is 4.79 Å². The number of fused-ring (bicyclic) bond motifs is 1. The van der Waals surface area contributed by atoms with E-state index in [2.05, 4.69) is 23.7 Å². The minimum atomic E-state index is -0.175. The quantitative estimate of drug-likeness (QED) is 0.917. The molecule has 130 valence electrons. The van der Waals surface area contributed by atoms with Gasteiger partial charge in [0.1, 0.15) is 0 Å². The zero-order valence-electron chi connectivity index (χ0n) is 14.7. The fourth-order valence-electron chi connectivity index (χ4n) is 3.42. The molecule has 1 N–H and O–H groups in total. The molecule has 0 unspecified atom stereocenters. The highest BCUT2D eigenvalue weighted by atomic mass is 16.5. The summed E-state index contributed by atoms with van der Waals surface area (Å²) in [7, 11) is 1.69. The van der Waals surface area contributed by atoms with Gasteiger partial charge in [-0.15, -0.1) is 0 Å². The van der Waals surface area contributed by atoms with E-state index < -0.39 is 0 Å². The highest BCUT2D eigenvalue weighted by molar-refractivity contribution is 6.06. The van der Waals surface area contributed by atoms with E-state index in [1.54, 1.807) is 7.11 Å². The predicted molar refractivity (Wildman–Crippen MR) is 94.3 cm³/mol. The van der Waals surface area contributed by atoms with Crippen LogP contribution in [0, 0.1) is 0 Å². The van der Waals surface area contributed by atoms with Crippen molar-refractivity contribution in [3.63, 3.8) is 0 Å². The third kappa shape index (κ3) is 3.62. The van der Waals surface area contributed by atoms with Crippen molar-refractivity contribution in [1.29, 1.82) is 0 Å². The summed E-state index contributed by atoms with van der Waals surface area (Å²) in [6, 6.07) is 8.04. The molecule has 2 aromatic rings. The molecule has 0 saturated carbocycles. The molecule has 1 atom stereocenters. The van der Waals surface area contributed by atoms with Crippen molar-refractivity contribution in [1.82, 2.24) is 9.88 Å². The zero-order valence-corrected chi connectivity index (χ0v) is 14.7. The van der Waals surface area contributed by atoms with Crippen LogP contribution in [-0.2, 0) is 16.0 Å². The standard InChI is InChI=1S/C19H26N2O3/c1-19(2)13-14(8-11-24-19)20-18(22)16-5-4-6-17-15(16)7-9-21(17)10-12-23-3/h4-7,9,14H,8,10-13H2,1-3H3,(H,20,22)/t14-/m0/s1. The maximum Gasteiger partial charge on any atom is 0.252 e. The van der Waals surface area contributed by atoms with E-state index in [-0.39, 0.29) is 17.6 Å². The van der Waals surface area contributed by atoms with Crippen molar-refractivity contribution in [3.05, 3.63) is 36.0 Å². The maximum atomic E-state index is 12.8. The number of benzene rings is 1. The Hall–Kier alpha value is -1.85. The van der Waals surface area contributed by atoms with Crippen LogP contribution >= 0.6 is 0 Å². The number of carbonyl (C=O) groups is 1. The number of ether oxygens (including phenoxy) is 2. The minimum absolute atomic E-state index is 0.00667. The van der Waals surface area contributed by atoms with Gasteiger partial charge in [0.2, 0.25) is 0 Å². The third-order valence-corrected chi connectivity index (χ3v) is 4.63. The Labute approximate surface area is 142 Å². The van der Waals surface area contributed by atoms with E-state index in [1.807, 2.05) is 30.5 Å². The van der Waals surface area contributed by atoms with Crippen LogP contribution in [0.2, 0.25) is 0 Å². The van der Waals surface area contributed by atoms with Crippen LogP contribution < -0.4 is 5.32 Å². The van der Waals surface area contributed by atoms with Gasteiger partial charge >= 0.3 is 0 Å². The summed E-state index contributed by atoms with van der Waals surface area (Å²) in [6.45, 7) is 6.26. The van der Waals surface area contributed by atoms with E-state index in [0.29, 0.717) is 13.2 Å². The molecule has 5 heteroatoms. The molecule has 5 nitrogen and oxygen atoms in total. The molecule has 0 spiro atoms. The third-order valence-electron chi connectivity index (χ3n) is 4.63. The second-order valence-electron chi connectivity index (χ2n) is 7.01. The van der Waals surface area contributed by atoms with E-state index in [1.165, 1.54) is 0 Å². The predicted octanol–water partition coefficient (Wildman–Crippen LogP) is 2.98. The number of carbonyl (C=O) groups excluding carboxylic acids is 1. The van der Waals surface area contributed by atoms with E-state index >= 15 is 0 Å². The monoisotopic (exact) mass is 330 g/mol. The van der Waals surface area contributed by atoms with Gasteiger partial charge in [0.05, 0.1) is 12.2 Å². The van der Waals surface area contributed by atoms with Crippen LogP contribution in [0.5, 0.6) is 0 Å². The van der Waals surface area contributed by atoms with Crippen molar-refractivity contribution < 1.29 is 14.3 Å². The van der Waals surface area contributed by atoms with E-state index in [0.717, 1.165) is 35.9 Å². The normalized spacial score (nSPS) is 20.2. The first-order valence-corrected chi connectivity index (χ1v) is 8.52. The Morgan fingerprint density at radius 1 is 1.42 bits per heavy atom. The summed E-state index contributed by atoms with van der Waals surface area (Å²) in [5.41, 5.74) is 1.62. The Balaban J connectivity index is 1.78. The first-order valence-electron chi connectivity index (χ1n) is 8.52. The first kappa shape index (κ1) is 17.0. The molecule has 2 heterocycles. The molecule has 1 aromatic heterocycles. The van der Waals surface area contributed by atoms with Crippen LogP contribution in [0.25, 0.3) is 10.9 Å². The smallest absolute Gasteiger partial charge is 0.252 e. The number of nitrogens with one attached hydrogen (secondary N) is 1. The molecule has 1 aromatic carbocycles. The molecule has 3 rings (SSSR count). The highest BCUT2D eigenvalue weighted by Gasteiger charge is 2.30. The molecule has 0 radical (unpaired) electrons. The Kier molecular flexibility index (Phi) is 4.92. The van der Waals surface area contributed by atoms with Crippen LogP contribution in [0.15, 0.2) is 30.5 Å². The van der Waals surface area contributed by atoms with Gasteiger partial charge in [-0.05, 0) is 44.9 Å². The number of methoxy groups -OCH3 is 1.